The molecule has 0 aliphatic carbocycles. The molecule has 0 aliphatic heterocycles. The highest BCUT2D eigenvalue weighted by Crippen LogP contribution is 2.41. The molecule has 4 heterocycles. The molecule has 15 aromatic carbocycles. The van der Waals surface area contributed by atoms with E-state index in [9.17, 15) is 13.2 Å². The Bertz CT molecular complexity index is 7040. The number of benzene rings is 15. The Hall–Kier alpha value is -12.9. The van der Waals surface area contributed by atoms with E-state index in [1.54, 1.807) is 17.9 Å². The van der Waals surface area contributed by atoms with Crippen molar-refractivity contribution in [3.63, 3.8) is 0 Å². The maximum atomic E-state index is 13.0. The van der Waals surface area contributed by atoms with Gasteiger partial charge in [0.15, 0.2) is 28.2 Å². The number of aryl methyl sites for hydroxylation is 9. The molecule has 0 unspecified atom stereocenters. The topological polar surface area (TPSA) is 76.3 Å². The van der Waals surface area contributed by atoms with Crippen molar-refractivity contribution < 1.29 is 36.6 Å². The lowest BCUT2D eigenvalue weighted by Gasteiger charge is -2.23. The van der Waals surface area contributed by atoms with Crippen molar-refractivity contribution in [2.45, 2.75) is 73.9 Å². The zero-order valence-electron chi connectivity index (χ0n) is 65.6. The molecule has 0 radical (unpaired) electrons. The molecule has 0 aliphatic rings. The number of nitrogens with zero attached hydrogens (tertiary/aromatic N) is 8. The molecule has 0 atom stereocenters. The summed E-state index contributed by atoms with van der Waals surface area (Å²) in [5, 5.41) is 39.9. The van der Waals surface area contributed by atoms with Crippen LogP contribution in [0.2, 0.25) is 0 Å². The van der Waals surface area contributed by atoms with Crippen LogP contribution in [-0.4, -0.2) is 27.5 Å². The van der Waals surface area contributed by atoms with Gasteiger partial charge in [-0.3, -0.25) is 0 Å². The average molecular weight is 1470 g/mol. The summed E-state index contributed by atoms with van der Waals surface area (Å²) in [6.07, 6.45) is -4.36. The van der Waals surface area contributed by atoms with Gasteiger partial charge in [0.1, 0.15) is 27.8 Å². The minimum Gasteiger partial charge on any atom is -0.496 e. The molecule has 0 saturated carbocycles. The molecule has 0 spiro atoms. The molecule has 9 nitrogen and oxygen atoms in total. The average Bonchev–Trinajstić information content (AvgIpc) is 0.765. The SMILES string of the molecule is COc1cc(-c2cc3cc4ccccc4cc3n[n+]2C)c(C)c2ccccc12.Cc1c(-c2cc3cc4ccccc4cc3n[n+]2C)cc(C(C)(C)C)c2ccccc12.Cc1cc(C)c(C)c(-c2cc3cc4ccc(C(F)(F)F)cc4cc3n[n+]2C)c1.Cc1ccc2ccccc2c1-c1cc2cc3ccccc3cc2n[n+]1C. The van der Waals surface area contributed by atoms with Gasteiger partial charge in [-0.1, -0.05) is 215 Å². The van der Waals surface area contributed by atoms with Crippen molar-refractivity contribution >= 4 is 119 Å². The zero-order valence-corrected chi connectivity index (χ0v) is 65.6. The minimum atomic E-state index is -4.36. The number of ether oxygens (including phenoxy) is 1. The molecule has 19 aromatic rings. The molecule has 12 heteroatoms. The normalized spacial score (nSPS) is 11.8. The molecule has 112 heavy (non-hydrogen) atoms. The summed E-state index contributed by atoms with van der Waals surface area (Å²) in [4.78, 5) is 0. The standard InChI is InChI=1S/C28H27N2.C25H21N2O.C24H19N2.C23H20F3N2/c1-18-22-12-8-9-13-23(22)25(28(2,3)4)17-24(18)27-16-21-14-19-10-6-7-11-20(19)15-26(21)29-30(27)5;1-16-20-10-6-7-11-21(20)25(28-3)15-22(16)24-14-19-12-17-8-4-5-9-18(17)13-23(19)26-27(24)2;1-16-11-12-17-7-5-6-10-21(17)24(16)23-15-20-13-18-8-3-4-9-19(18)14-22(20)25-26(23)2;1-13-7-14(2)15(3)20(8-13)22-12-18-9-16-5-6-19(23(24,25)26)10-17(16)11-21(18)27-28(22)4/h6-17H,1-5H3;4-15H,1-3H3;3-15H,1-2H3;5-12H,1-4H3/q4*+1. The predicted molar refractivity (Wildman–Crippen MR) is 455 cm³/mol. The molecular formula is C100H87F3N8O+4. The first-order valence-electron chi connectivity index (χ1n) is 37.9. The zero-order chi connectivity index (χ0) is 78.2. The number of aromatic nitrogens is 8. The lowest BCUT2D eigenvalue weighted by atomic mass is 9.80. The second kappa shape index (κ2) is 29.1. The van der Waals surface area contributed by atoms with Crippen molar-refractivity contribution in [2.24, 2.45) is 28.2 Å². The van der Waals surface area contributed by atoms with Crippen LogP contribution in [0.5, 0.6) is 5.75 Å². The van der Waals surface area contributed by atoms with Gasteiger partial charge in [-0.15, -0.1) is 0 Å². The fraction of sp³-hybridized carbons (Fsp3) is 0.160. The van der Waals surface area contributed by atoms with Crippen LogP contribution in [0.4, 0.5) is 13.2 Å². The number of rotatable bonds is 5. The van der Waals surface area contributed by atoms with Crippen molar-refractivity contribution in [3.8, 4) is 50.8 Å². The molecule has 19 rings (SSSR count). The predicted octanol–water partition coefficient (Wildman–Crippen LogP) is 23.2. The number of methoxy groups -OCH3 is 1. The van der Waals surface area contributed by atoms with Gasteiger partial charge in [-0.25, -0.2) is 0 Å². The molecule has 0 fully saturated rings. The van der Waals surface area contributed by atoms with Crippen LogP contribution in [0.1, 0.15) is 65.3 Å². The summed E-state index contributed by atoms with van der Waals surface area (Å²) in [6.45, 7) is 19.7. The lowest BCUT2D eigenvalue weighted by Crippen LogP contribution is -2.35. The highest BCUT2D eigenvalue weighted by Gasteiger charge is 2.31. The summed E-state index contributed by atoms with van der Waals surface area (Å²) in [5.41, 5.74) is 21.0. The highest BCUT2D eigenvalue weighted by atomic mass is 19.4. The number of hydrogen-bond donors (Lipinski definition) is 0. The number of fused-ring (bicyclic) bond motifs is 11. The Kier molecular flexibility index (Phi) is 19.1. The fourth-order valence-corrected chi connectivity index (χ4v) is 16.2. The van der Waals surface area contributed by atoms with Crippen LogP contribution >= 0.6 is 0 Å². The smallest absolute Gasteiger partial charge is 0.416 e. The van der Waals surface area contributed by atoms with Gasteiger partial charge < -0.3 is 4.74 Å². The summed E-state index contributed by atoms with van der Waals surface area (Å²) in [6, 6.07) is 93.7. The van der Waals surface area contributed by atoms with E-state index < -0.39 is 11.7 Å². The van der Waals surface area contributed by atoms with E-state index in [2.05, 4.69) is 311 Å². The van der Waals surface area contributed by atoms with Crippen molar-refractivity contribution in [2.75, 3.05) is 7.11 Å². The van der Waals surface area contributed by atoms with Gasteiger partial charge in [0.2, 0.25) is 22.8 Å². The third kappa shape index (κ3) is 14.0. The van der Waals surface area contributed by atoms with Crippen LogP contribution in [0.3, 0.4) is 0 Å². The Morgan fingerprint density at radius 2 is 0.652 bits per heavy atom. The molecule has 0 N–H and O–H groups in total. The van der Waals surface area contributed by atoms with E-state index in [4.69, 9.17) is 20.0 Å². The monoisotopic (exact) mass is 1470 g/mol. The first kappa shape index (κ1) is 73.2. The van der Waals surface area contributed by atoms with Crippen LogP contribution < -0.4 is 23.5 Å². The third-order valence-electron chi connectivity index (χ3n) is 22.2. The van der Waals surface area contributed by atoms with Crippen molar-refractivity contribution in [1.82, 2.24) is 20.4 Å². The second-order valence-electron chi connectivity index (χ2n) is 30.8. The molecule has 0 saturated heterocycles. The largest absolute Gasteiger partial charge is 0.496 e. The first-order valence-corrected chi connectivity index (χ1v) is 37.9. The number of hydrogen-bond acceptors (Lipinski definition) is 5. The van der Waals surface area contributed by atoms with E-state index >= 15 is 0 Å². The van der Waals surface area contributed by atoms with Crippen LogP contribution in [0.15, 0.2) is 273 Å². The molecular weight excluding hydrogens is 1390 g/mol. The van der Waals surface area contributed by atoms with E-state index in [0.29, 0.717) is 10.9 Å². The second-order valence-corrected chi connectivity index (χ2v) is 30.8. The van der Waals surface area contributed by atoms with Crippen molar-refractivity contribution in [1.29, 1.82) is 0 Å². The Morgan fingerprint density at radius 1 is 0.295 bits per heavy atom. The van der Waals surface area contributed by atoms with E-state index in [0.717, 1.165) is 83.8 Å². The number of halogens is 3. The Labute approximate surface area is 649 Å². The highest BCUT2D eigenvalue weighted by molar-refractivity contribution is 6.04. The van der Waals surface area contributed by atoms with Crippen molar-refractivity contribution in [3.05, 3.63) is 317 Å². The van der Waals surface area contributed by atoms with Gasteiger partial charge in [-0.2, -0.15) is 13.2 Å². The van der Waals surface area contributed by atoms with E-state index in [-0.39, 0.29) is 5.41 Å². The summed E-state index contributed by atoms with van der Waals surface area (Å²) < 4.78 is 52.5. The summed E-state index contributed by atoms with van der Waals surface area (Å²) in [5.74, 6) is 0.884. The Morgan fingerprint density at radius 3 is 1.11 bits per heavy atom. The molecule has 550 valence electrons. The van der Waals surface area contributed by atoms with Gasteiger partial charge in [0.05, 0.1) is 34.9 Å². The van der Waals surface area contributed by atoms with Crippen LogP contribution in [0.25, 0.3) is 164 Å². The van der Waals surface area contributed by atoms with Gasteiger partial charge in [0.25, 0.3) is 0 Å². The van der Waals surface area contributed by atoms with Gasteiger partial charge in [0, 0.05) is 71.6 Å². The summed E-state index contributed by atoms with van der Waals surface area (Å²) >= 11 is 0. The fourth-order valence-electron chi connectivity index (χ4n) is 16.2. The van der Waals surface area contributed by atoms with Crippen LogP contribution in [-0.2, 0) is 39.8 Å². The maximum Gasteiger partial charge on any atom is 0.416 e. The Balaban J connectivity index is 0.000000113. The minimum absolute atomic E-state index is 0.0567. The van der Waals surface area contributed by atoms with E-state index in [1.807, 2.05) is 47.3 Å². The molecule has 4 aromatic heterocycles. The van der Waals surface area contributed by atoms with Crippen LogP contribution in [0, 0.1) is 41.5 Å². The molecule has 0 bridgehead atoms. The number of alkyl halides is 3. The quantitative estimate of drug-likeness (QED) is 0.127. The summed E-state index contributed by atoms with van der Waals surface area (Å²) in [7, 11) is 9.68. The first-order chi connectivity index (χ1) is 53.8. The molecule has 0 amide bonds. The van der Waals surface area contributed by atoms with E-state index in [1.165, 1.54) is 132 Å². The third-order valence-corrected chi connectivity index (χ3v) is 22.2. The maximum absolute atomic E-state index is 13.0. The lowest BCUT2D eigenvalue weighted by molar-refractivity contribution is -0.718. The van der Waals surface area contributed by atoms with Gasteiger partial charge >= 0.3 is 6.18 Å². The van der Waals surface area contributed by atoms with Gasteiger partial charge in [-0.05, 0) is 229 Å².